The zero-order valence-electron chi connectivity index (χ0n) is 31.3. The average Bonchev–Trinajstić information content (AvgIpc) is 3.58. The van der Waals surface area contributed by atoms with E-state index in [4.69, 9.17) is 0 Å². The standard InChI is InChI=1S/C52H40BN3/c1-2-12-36(13-3-1)54-47-25-24-37(55-44-19-7-4-14-38(44)39-15-5-8-20-45(39)55)31-43(47)53-42-18-10-17-41-51(42)56(49-23-11-22-48(54)50(49)53)46-21-9-6-16-40(46)52(41)34-27-32-26-33(29-34)30-35(52)28-32/h1-25,31-35H,26-30H2. The molecule has 4 aliphatic carbocycles. The Kier molecular flexibility index (Phi) is 5.75. The van der Waals surface area contributed by atoms with E-state index in [9.17, 15) is 0 Å². The molecule has 3 aliphatic heterocycles. The Morgan fingerprint density at radius 1 is 0.446 bits per heavy atom. The summed E-state index contributed by atoms with van der Waals surface area (Å²) < 4.78 is 2.49. The number of hydrogen-bond donors (Lipinski definition) is 0. The fourth-order valence-electron chi connectivity index (χ4n) is 13.7. The maximum Gasteiger partial charge on any atom is 0.252 e. The monoisotopic (exact) mass is 717 g/mol. The number of anilines is 6. The van der Waals surface area contributed by atoms with Crippen molar-refractivity contribution in [3.63, 3.8) is 0 Å². The van der Waals surface area contributed by atoms with Gasteiger partial charge in [0.05, 0.1) is 16.7 Å². The first-order valence-corrected chi connectivity index (χ1v) is 20.9. The maximum absolute atomic E-state index is 2.70. The van der Waals surface area contributed by atoms with E-state index < -0.39 is 0 Å². The van der Waals surface area contributed by atoms with E-state index in [1.54, 1.807) is 11.1 Å². The Labute approximate surface area is 327 Å². The first-order chi connectivity index (χ1) is 27.8. The lowest BCUT2D eigenvalue weighted by molar-refractivity contribution is -0.0419. The van der Waals surface area contributed by atoms with Crippen LogP contribution in [0, 0.1) is 23.7 Å². The number of aromatic nitrogens is 1. The molecule has 8 aromatic rings. The van der Waals surface area contributed by atoms with Crippen molar-refractivity contribution in [1.82, 2.24) is 4.57 Å². The first-order valence-electron chi connectivity index (χ1n) is 20.9. The van der Waals surface area contributed by atoms with Crippen molar-refractivity contribution in [3.05, 3.63) is 169 Å². The molecule has 0 unspecified atom stereocenters. The molecule has 4 heteroatoms. The molecule has 56 heavy (non-hydrogen) atoms. The molecule has 4 heterocycles. The van der Waals surface area contributed by atoms with Crippen LogP contribution in [-0.2, 0) is 5.41 Å². The van der Waals surface area contributed by atoms with Crippen LogP contribution in [0.5, 0.6) is 0 Å². The van der Waals surface area contributed by atoms with Crippen LogP contribution in [0.15, 0.2) is 158 Å². The number of fused-ring (bicyclic) bond motifs is 9. The van der Waals surface area contributed by atoms with Gasteiger partial charge in [-0.15, -0.1) is 0 Å². The van der Waals surface area contributed by atoms with Crippen LogP contribution in [0.3, 0.4) is 0 Å². The minimum Gasteiger partial charge on any atom is -0.311 e. The lowest BCUT2D eigenvalue weighted by Crippen LogP contribution is -2.64. The van der Waals surface area contributed by atoms with Gasteiger partial charge in [0.15, 0.2) is 0 Å². The molecule has 4 saturated carbocycles. The van der Waals surface area contributed by atoms with Gasteiger partial charge in [-0.3, -0.25) is 0 Å². The SMILES string of the molecule is c1ccc(N2c3ccc(-n4c5ccccc5c5ccccc54)cc3B3c4cccc5c4N(c4ccccc4C54C5CC6CC(C5)CC4C6)c4cccc2c43)cc1. The summed E-state index contributed by atoms with van der Waals surface area (Å²) in [5, 5.41) is 2.59. The third-order valence-electron chi connectivity index (χ3n) is 15.3. The van der Waals surface area contributed by atoms with Gasteiger partial charge in [-0.1, -0.05) is 97.1 Å². The van der Waals surface area contributed by atoms with E-state index in [2.05, 4.69) is 172 Å². The van der Waals surface area contributed by atoms with Crippen LogP contribution in [0.2, 0.25) is 0 Å². The minimum atomic E-state index is 0.0688. The molecular weight excluding hydrogens is 677 g/mol. The summed E-state index contributed by atoms with van der Waals surface area (Å²) >= 11 is 0. The number of rotatable bonds is 2. The van der Waals surface area contributed by atoms with Crippen molar-refractivity contribution in [3.8, 4) is 5.69 Å². The van der Waals surface area contributed by atoms with Gasteiger partial charge in [-0.2, -0.15) is 0 Å². The highest BCUT2D eigenvalue weighted by Crippen LogP contribution is 2.69. The van der Waals surface area contributed by atoms with E-state index in [0.29, 0.717) is 11.8 Å². The molecule has 0 atom stereocenters. The molecule has 3 nitrogen and oxygen atoms in total. The van der Waals surface area contributed by atoms with Gasteiger partial charge >= 0.3 is 0 Å². The van der Waals surface area contributed by atoms with E-state index in [-0.39, 0.29) is 12.1 Å². The normalized spacial score (nSPS) is 24.4. The van der Waals surface area contributed by atoms with Crippen molar-refractivity contribution in [2.24, 2.45) is 23.7 Å². The van der Waals surface area contributed by atoms with Gasteiger partial charge in [-0.25, -0.2) is 0 Å². The summed E-state index contributed by atoms with van der Waals surface area (Å²) in [6.45, 7) is 0.0922. The summed E-state index contributed by atoms with van der Waals surface area (Å²) in [5.41, 5.74) is 19.1. The second-order valence-electron chi connectivity index (χ2n) is 17.7. The van der Waals surface area contributed by atoms with Crippen LogP contribution >= 0.6 is 0 Å². The molecule has 15 rings (SSSR count). The maximum atomic E-state index is 2.70. The van der Waals surface area contributed by atoms with Gasteiger partial charge in [0.25, 0.3) is 6.71 Å². The molecule has 0 saturated heterocycles. The first kappa shape index (κ1) is 30.3. The zero-order chi connectivity index (χ0) is 36.3. The summed E-state index contributed by atoms with van der Waals surface area (Å²) in [5.74, 6) is 3.22. The molecule has 0 amide bonds. The number of benzene rings is 7. The van der Waals surface area contributed by atoms with Crippen LogP contribution < -0.4 is 26.2 Å². The van der Waals surface area contributed by atoms with Gasteiger partial charge in [-0.05, 0) is 144 Å². The van der Waals surface area contributed by atoms with Gasteiger partial charge in [0, 0.05) is 50.3 Å². The van der Waals surface area contributed by atoms with Crippen molar-refractivity contribution in [2.45, 2.75) is 37.5 Å². The lowest BCUT2D eigenvalue weighted by atomic mass is 9.32. The molecule has 266 valence electrons. The van der Waals surface area contributed by atoms with Crippen LogP contribution in [0.1, 0.15) is 43.2 Å². The predicted molar refractivity (Wildman–Crippen MR) is 233 cm³/mol. The summed E-state index contributed by atoms with van der Waals surface area (Å²) in [6.07, 6.45) is 6.99. The Balaban J connectivity index is 1.08. The van der Waals surface area contributed by atoms with Gasteiger partial charge in [0.2, 0.25) is 0 Å². The number of para-hydroxylation sites is 5. The Hall–Kier alpha value is -6.00. The Morgan fingerprint density at radius 2 is 1.05 bits per heavy atom. The summed E-state index contributed by atoms with van der Waals surface area (Å²) in [7, 11) is 0. The third kappa shape index (κ3) is 3.59. The van der Waals surface area contributed by atoms with Gasteiger partial charge < -0.3 is 14.4 Å². The van der Waals surface area contributed by atoms with Crippen LogP contribution in [0.25, 0.3) is 27.5 Å². The highest BCUT2D eigenvalue weighted by atomic mass is 15.2. The smallest absolute Gasteiger partial charge is 0.252 e. The molecular formula is C52H40BN3. The predicted octanol–water partition coefficient (Wildman–Crippen LogP) is 10.9. The molecule has 4 bridgehead atoms. The summed E-state index contributed by atoms with van der Waals surface area (Å²) in [4.78, 5) is 5.24. The topological polar surface area (TPSA) is 11.4 Å². The number of nitrogens with zero attached hydrogens (tertiary/aromatic N) is 3. The molecule has 7 aliphatic rings. The third-order valence-corrected chi connectivity index (χ3v) is 15.3. The minimum absolute atomic E-state index is 0.0688. The Bertz CT molecular complexity index is 2900. The summed E-state index contributed by atoms with van der Waals surface area (Å²) in [6, 6.07) is 60.3. The molecule has 4 fully saturated rings. The van der Waals surface area contributed by atoms with E-state index in [1.165, 1.54) is 110 Å². The lowest BCUT2D eigenvalue weighted by Gasteiger charge is -2.64. The highest BCUT2D eigenvalue weighted by Gasteiger charge is 2.62. The fraction of sp³-hybridized carbons (Fsp3) is 0.192. The molecule has 0 radical (unpaired) electrons. The van der Waals surface area contributed by atoms with E-state index in [0.717, 1.165) is 11.8 Å². The Morgan fingerprint density at radius 3 is 1.80 bits per heavy atom. The van der Waals surface area contributed by atoms with Crippen molar-refractivity contribution in [1.29, 1.82) is 0 Å². The molecule has 0 N–H and O–H groups in total. The van der Waals surface area contributed by atoms with Crippen molar-refractivity contribution >= 4 is 79.0 Å². The zero-order valence-corrected chi connectivity index (χ0v) is 31.3. The average molecular weight is 718 g/mol. The molecule has 1 spiro atoms. The quantitative estimate of drug-likeness (QED) is 0.165. The fourth-order valence-corrected chi connectivity index (χ4v) is 13.7. The molecule has 7 aromatic carbocycles. The van der Waals surface area contributed by atoms with Crippen molar-refractivity contribution < 1.29 is 0 Å². The van der Waals surface area contributed by atoms with Gasteiger partial charge in [0.1, 0.15) is 0 Å². The van der Waals surface area contributed by atoms with Crippen LogP contribution in [-0.4, -0.2) is 11.3 Å². The van der Waals surface area contributed by atoms with E-state index in [1.807, 2.05) is 0 Å². The second-order valence-corrected chi connectivity index (χ2v) is 17.7. The largest absolute Gasteiger partial charge is 0.311 e. The van der Waals surface area contributed by atoms with Crippen molar-refractivity contribution in [2.75, 3.05) is 9.80 Å². The van der Waals surface area contributed by atoms with E-state index >= 15 is 0 Å². The number of hydrogen-bond acceptors (Lipinski definition) is 2. The van der Waals surface area contributed by atoms with Crippen LogP contribution in [0.4, 0.5) is 34.1 Å². The second kappa shape index (κ2) is 10.6. The highest BCUT2D eigenvalue weighted by molar-refractivity contribution is 7.00. The molecule has 1 aromatic heterocycles.